The first-order chi connectivity index (χ1) is 7.54. The van der Waals surface area contributed by atoms with Gasteiger partial charge in [-0.3, -0.25) is 4.79 Å². The molecule has 0 radical (unpaired) electrons. The minimum atomic E-state index is -1.19. The number of rotatable bonds is 4. The molecular weight excluding hydrogens is 232 g/mol. The standard InChI is InChI=1S/C11H9ClO4/c1-16-10-4-2-7(12)6-8(10)9(13)3-5-11(14)15/h2-6H,1H3,(H,14,15)/b5-3+. The first-order valence-electron chi connectivity index (χ1n) is 4.33. The molecule has 5 heteroatoms. The smallest absolute Gasteiger partial charge is 0.328 e. The van der Waals surface area contributed by atoms with E-state index in [1.807, 2.05) is 0 Å². The number of carboxylic acids is 1. The number of halogens is 1. The summed E-state index contributed by atoms with van der Waals surface area (Å²) in [5.74, 6) is -1.31. The van der Waals surface area contributed by atoms with E-state index in [-0.39, 0.29) is 5.56 Å². The van der Waals surface area contributed by atoms with Crippen LogP contribution in [-0.4, -0.2) is 24.0 Å². The van der Waals surface area contributed by atoms with Crippen molar-refractivity contribution in [2.45, 2.75) is 0 Å². The fraction of sp³-hybridized carbons (Fsp3) is 0.0909. The van der Waals surface area contributed by atoms with Crippen molar-refractivity contribution in [2.75, 3.05) is 7.11 Å². The summed E-state index contributed by atoms with van der Waals surface area (Å²) in [4.78, 5) is 21.9. The number of carboxylic acid groups (broad SMARTS) is 1. The first-order valence-corrected chi connectivity index (χ1v) is 4.71. The molecule has 0 aliphatic rings. The van der Waals surface area contributed by atoms with Crippen LogP contribution in [0.1, 0.15) is 10.4 Å². The summed E-state index contributed by atoms with van der Waals surface area (Å²) in [5.41, 5.74) is 0.229. The lowest BCUT2D eigenvalue weighted by atomic mass is 10.1. The molecule has 0 atom stereocenters. The molecule has 0 fully saturated rings. The molecule has 0 amide bonds. The Morgan fingerprint density at radius 3 is 2.62 bits per heavy atom. The molecule has 0 saturated carbocycles. The van der Waals surface area contributed by atoms with Crippen molar-refractivity contribution in [3.63, 3.8) is 0 Å². The van der Waals surface area contributed by atoms with Crippen molar-refractivity contribution in [1.29, 1.82) is 0 Å². The van der Waals surface area contributed by atoms with Gasteiger partial charge < -0.3 is 9.84 Å². The monoisotopic (exact) mass is 240 g/mol. The van der Waals surface area contributed by atoms with Crippen molar-refractivity contribution < 1.29 is 19.4 Å². The van der Waals surface area contributed by atoms with E-state index in [0.717, 1.165) is 12.2 Å². The summed E-state index contributed by atoms with van der Waals surface area (Å²) in [7, 11) is 1.42. The van der Waals surface area contributed by atoms with E-state index in [9.17, 15) is 9.59 Å². The van der Waals surface area contributed by atoms with E-state index in [1.54, 1.807) is 12.1 Å². The summed E-state index contributed by atoms with van der Waals surface area (Å²) in [5, 5.41) is 8.78. The van der Waals surface area contributed by atoms with Crippen LogP contribution in [0.25, 0.3) is 0 Å². The van der Waals surface area contributed by atoms with E-state index in [0.29, 0.717) is 10.8 Å². The molecule has 4 nitrogen and oxygen atoms in total. The minimum absolute atomic E-state index is 0.229. The second-order valence-corrected chi connectivity index (χ2v) is 3.32. The molecule has 84 valence electrons. The highest BCUT2D eigenvalue weighted by atomic mass is 35.5. The molecule has 16 heavy (non-hydrogen) atoms. The lowest BCUT2D eigenvalue weighted by Crippen LogP contribution is -2.00. The maximum atomic E-state index is 11.6. The fourth-order valence-electron chi connectivity index (χ4n) is 1.11. The van der Waals surface area contributed by atoms with E-state index in [4.69, 9.17) is 21.4 Å². The zero-order chi connectivity index (χ0) is 12.1. The lowest BCUT2D eigenvalue weighted by Gasteiger charge is -2.05. The number of hydrogen-bond acceptors (Lipinski definition) is 3. The minimum Gasteiger partial charge on any atom is -0.496 e. The quantitative estimate of drug-likeness (QED) is 0.647. The fourth-order valence-corrected chi connectivity index (χ4v) is 1.28. The normalized spacial score (nSPS) is 10.4. The van der Waals surface area contributed by atoms with Crippen LogP contribution in [0.5, 0.6) is 5.75 Å². The van der Waals surface area contributed by atoms with Gasteiger partial charge in [0.2, 0.25) is 0 Å². The third kappa shape index (κ3) is 3.10. The van der Waals surface area contributed by atoms with Crippen LogP contribution >= 0.6 is 11.6 Å². The van der Waals surface area contributed by atoms with Crippen molar-refractivity contribution in [3.05, 3.63) is 40.9 Å². The Bertz CT molecular complexity index is 451. The number of ketones is 1. The van der Waals surface area contributed by atoms with Gasteiger partial charge in [0.25, 0.3) is 0 Å². The molecule has 0 aromatic heterocycles. The van der Waals surface area contributed by atoms with E-state index >= 15 is 0 Å². The van der Waals surface area contributed by atoms with Crippen LogP contribution in [0.4, 0.5) is 0 Å². The number of carbonyl (C=O) groups is 2. The number of methoxy groups -OCH3 is 1. The second-order valence-electron chi connectivity index (χ2n) is 2.88. The van der Waals surface area contributed by atoms with Gasteiger partial charge in [-0.1, -0.05) is 11.6 Å². The molecular formula is C11H9ClO4. The van der Waals surface area contributed by atoms with Crippen molar-refractivity contribution in [1.82, 2.24) is 0 Å². The van der Waals surface area contributed by atoms with Gasteiger partial charge in [-0.15, -0.1) is 0 Å². The Labute approximate surface area is 97.1 Å². The Kier molecular flexibility index (Phi) is 4.08. The summed E-state index contributed by atoms with van der Waals surface area (Å²) in [6.07, 6.45) is 1.72. The molecule has 0 aliphatic heterocycles. The number of benzene rings is 1. The van der Waals surface area contributed by atoms with Crippen molar-refractivity contribution >= 4 is 23.4 Å². The molecule has 1 N–H and O–H groups in total. The third-order valence-corrected chi connectivity index (χ3v) is 2.04. The summed E-state index contributed by atoms with van der Waals surface area (Å²) >= 11 is 5.73. The number of allylic oxidation sites excluding steroid dienone is 1. The van der Waals surface area contributed by atoms with Crippen LogP contribution in [-0.2, 0) is 4.79 Å². The van der Waals surface area contributed by atoms with Gasteiger partial charge in [-0.2, -0.15) is 0 Å². The van der Waals surface area contributed by atoms with Gasteiger partial charge >= 0.3 is 5.97 Å². The Morgan fingerprint density at radius 2 is 2.06 bits per heavy atom. The van der Waals surface area contributed by atoms with Crippen LogP contribution in [0.3, 0.4) is 0 Å². The third-order valence-electron chi connectivity index (χ3n) is 1.80. The topological polar surface area (TPSA) is 63.6 Å². The zero-order valence-corrected chi connectivity index (χ0v) is 9.19. The summed E-state index contributed by atoms with van der Waals surface area (Å²) < 4.78 is 4.97. The molecule has 0 heterocycles. The van der Waals surface area contributed by atoms with Crippen LogP contribution in [0.2, 0.25) is 5.02 Å². The Morgan fingerprint density at radius 1 is 1.38 bits per heavy atom. The molecule has 0 unspecified atom stereocenters. The van der Waals surface area contributed by atoms with Gasteiger partial charge in [-0.25, -0.2) is 4.79 Å². The van der Waals surface area contributed by atoms with Gasteiger partial charge in [-0.05, 0) is 24.3 Å². The zero-order valence-electron chi connectivity index (χ0n) is 8.44. The highest BCUT2D eigenvalue weighted by molar-refractivity contribution is 6.31. The highest BCUT2D eigenvalue weighted by Gasteiger charge is 2.10. The average Bonchev–Trinajstić information content (AvgIpc) is 2.25. The second kappa shape index (κ2) is 5.32. The number of ether oxygens (including phenoxy) is 1. The number of aliphatic carboxylic acids is 1. The number of carbonyl (C=O) groups excluding carboxylic acids is 1. The number of hydrogen-bond donors (Lipinski definition) is 1. The van der Waals surface area contributed by atoms with E-state index < -0.39 is 11.8 Å². The van der Waals surface area contributed by atoms with Gasteiger partial charge in [0, 0.05) is 11.1 Å². The maximum absolute atomic E-state index is 11.6. The Balaban J connectivity index is 3.06. The van der Waals surface area contributed by atoms with Gasteiger partial charge in [0.15, 0.2) is 5.78 Å². The molecule has 0 bridgehead atoms. The van der Waals surface area contributed by atoms with Crippen LogP contribution < -0.4 is 4.74 Å². The predicted octanol–water partition coefficient (Wildman–Crippen LogP) is 2.17. The molecule has 0 saturated heterocycles. The van der Waals surface area contributed by atoms with Gasteiger partial charge in [0.05, 0.1) is 12.7 Å². The first kappa shape index (κ1) is 12.3. The Hall–Kier alpha value is -1.81. The molecule has 1 rings (SSSR count). The van der Waals surface area contributed by atoms with Gasteiger partial charge in [0.1, 0.15) is 5.75 Å². The van der Waals surface area contributed by atoms with Crippen LogP contribution in [0.15, 0.2) is 30.4 Å². The molecule has 1 aromatic carbocycles. The van der Waals surface area contributed by atoms with Crippen LogP contribution in [0, 0.1) is 0 Å². The van der Waals surface area contributed by atoms with Crippen molar-refractivity contribution in [3.8, 4) is 5.75 Å². The lowest BCUT2D eigenvalue weighted by molar-refractivity contribution is -0.131. The summed E-state index contributed by atoms with van der Waals surface area (Å²) in [6.45, 7) is 0. The molecule has 1 aromatic rings. The van der Waals surface area contributed by atoms with E-state index in [1.165, 1.54) is 13.2 Å². The maximum Gasteiger partial charge on any atom is 0.328 e. The van der Waals surface area contributed by atoms with Crippen molar-refractivity contribution in [2.24, 2.45) is 0 Å². The summed E-state index contributed by atoms with van der Waals surface area (Å²) in [6, 6.07) is 4.55. The average molecular weight is 241 g/mol. The molecule has 0 aliphatic carbocycles. The largest absolute Gasteiger partial charge is 0.496 e. The highest BCUT2D eigenvalue weighted by Crippen LogP contribution is 2.23. The van der Waals surface area contributed by atoms with E-state index in [2.05, 4.69) is 0 Å². The molecule has 0 spiro atoms. The SMILES string of the molecule is COc1ccc(Cl)cc1C(=O)/C=C/C(=O)O. The predicted molar refractivity (Wildman–Crippen MR) is 59.1 cm³/mol.